The molecule has 1 heterocycles. The van der Waals surface area contributed by atoms with Crippen LogP contribution in [0, 0.1) is 30.0 Å². The molecule has 1 aromatic rings. The molecule has 1 saturated carbocycles. The lowest BCUT2D eigenvalue weighted by molar-refractivity contribution is -0.165. The van der Waals surface area contributed by atoms with Crippen LogP contribution in [0.15, 0.2) is 54.3 Å². The summed E-state index contributed by atoms with van der Waals surface area (Å²) in [6.45, 7) is 9.11. The van der Waals surface area contributed by atoms with Crippen molar-refractivity contribution in [3.63, 3.8) is 0 Å². The van der Waals surface area contributed by atoms with Crippen LogP contribution in [0.2, 0.25) is 0 Å². The largest absolute Gasteiger partial charge is 0.491 e. The maximum atomic E-state index is 14.0. The molecule has 0 bridgehead atoms. The average Bonchev–Trinajstić information content (AvgIpc) is 2.97. The van der Waals surface area contributed by atoms with Gasteiger partial charge < -0.3 is 14.7 Å². The molecule has 0 spiro atoms. The summed E-state index contributed by atoms with van der Waals surface area (Å²) in [6.07, 6.45) is 6.89. The van der Waals surface area contributed by atoms with E-state index in [4.69, 9.17) is 10.00 Å². The lowest BCUT2D eigenvalue weighted by atomic mass is 9.80. The summed E-state index contributed by atoms with van der Waals surface area (Å²) in [5.74, 6) is -0.365. The van der Waals surface area contributed by atoms with Crippen molar-refractivity contribution in [3.05, 3.63) is 71.3 Å². The number of likely N-dealkylation sites (tertiary alicyclic amines) is 1. The third kappa shape index (κ3) is 5.05. The van der Waals surface area contributed by atoms with Gasteiger partial charge in [0, 0.05) is 5.92 Å². The number of carbonyl (C=O) groups excluding carboxylic acids is 1. The maximum absolute atomic E-state index is 14.0. The van der Waals surface area contributed by atoms with Crippen molar-refractivity contribution in [1.82, 2.24) is 4.90 Å². The van der Waals surface area contributed by atoms with E-state index in [1.807, 2.05) is 19.9 Å². The number of hydrogen-bond donors (Lipinski definition) is 1. The van der Waals surface area contributed by atoms with Crippen LogP contribution in [-0.2, 0) is 9.53 Å². The van der Waals surface area contributed by atoms with Crippen molar-refractivity contribution in [3.8, 4) is 6.07 Å². The Bertz CT molecular complexity index is 947. The Balaban J connectivity index is 1.67. The minimum absolute atomic E-state index is 0.137. The van der Waals surface area contributed by atoms with Gasteiger partial charge in [0.05, 0.1) is 17.7 Å². The second kappa shape index (κ2) is 9.07. The summed E-state index contributed by atoms with van der Waals surface area (Å²) in [6, 6.07) is 6.48. The number of nitrogens with zero attached hydrogens (tertiary/aromatic N) is 2. The van der Waals surface area contributed by atoms with E-state index >= 15 is 0 Å². The average molecular weight is 425 g/mol. The number of benzene rings is 1. The fourth-order valence-electron chi connectivity index (χ4n) is 4.44. The van der Waals surface area contributed by atoms with E-state index in [-0.39, 0.29) is 29.8 Å². The number of carbonyl (C=O) groups is 1. The summed E-state index contributed by atoms with van der Waals surface area (Å²) >= 11 is 0. The van der Waals surface area contributed by atoms with Gasteiger partial charge in [0.1, 0.15) is 23.4 Å². The highest BCUT2D eigenvalue weighted by molar-refractivity contribution is 5.81. The molecule has 1 aliphatic heterocycles. The minimum atomic E-state index is -1.27. The van der Waals surface area contributed by atoms with Crippen molar-refractivity contribution in [2.45, 2.75) is 64.3 Å². The van der Waals surface area contributed by atoms with E-state index in [0.717, 1.165) is 5.56 Å². The summed E-state index contributed by atoms with van der Waals surface area (Å²) in [7, 11) is 0. The Morgan fingerprint density at radius 1 is 1.42 bits per heavy atom. The van der Waals surface area contributed by atoms with Crippen LogP contribution < -0.4 is 0 Å². The SMILES string of the molecule is C=C(/C=C(C#N)\C=C/C)OC1CC(C(=O)N2C(c3cc(C)cc(F)c3)CCC2(C)O)C1. The number of aliphatic hydroxyl groups is 1. The molecule has 0 aromatic heterocycles. The Hall–Kier alpha value is -2.91. The third-order valence-corrected chi connectivity index (χ3v) is 5.96. The lowest BCUT2D eigenvalue weighted by Gasteiger charge is -2.42. The molecule has 1 saturated heterocycles. The number of halogens is 1. The topological polar surface area (TPSA) is 73.6 Å². The Morgan fingerprint density at radius 2 is 2.13 bits per heavy atom. The molecule has 2 unspecified atom stereocenters. The zero-order chi connectivity index (χ0) is 22.8. The number of rotatable bonds is 6. The highest BCUT2D eigenvalue weighted by atomic mass is 19.1. The predicted octanol–water partition coefficient (Wildman–Crippen LogP) is 4.84. The molecule has 0 radical (unpaired) electrons. The molecule has 2 atom stereocenters. The zero-order valence-corrected chi connectivity index (χ0v) is 18.3. The zero-order valence-electron chi connectivity index (χ0n) is 18.3. The van der Waals surface area contributed by atoms with Gasteiger partial charge >= 0.3 is 0 Å². The number of hydrogen-bond acceptors (Lipinski definition) is 4. The van der Waals surface area contributed by atoms with E-state index in [2.05, 4.69) is 12.6 Å². The normalized spacial score (nSPS) is 28.3. The van der Waals surface area contributed by atoms with Gasteiger partial charge in [0.2, 0.25) is 5.91 Å². The Labute approximate surface area is 183 Å². The summed E-state index contributed by atoms with van der Waals surface area (Å²) in [4.78, 5) is 14.8. The first-order valence-electron chi connectivity index (χ1n) is 10.6. The number of allylic oxidation sites excluding steroid dienone is 4. The molecule has 1 N–H and O–H groups in total. The van der Waals surface area contributed by atoms with Gasteiger partial charge in [-0.2, -0.15) is 5.26 Å². The van der Waals surface area contributed by atoms with Crippen LogP contribution in [0.1, 0.15) is 56.7 Å². The van der Waals surface area contributed by atoms with Crippen LogP contribution in [0.5, 0.6) is 0 Å². The molecule has 2 aliphatic rings. The van der Waals surface area contributed by atoms with Crippen molar-refractivity contribution in [2.24, 2.45) is 5.92 Å². The standard InChI is InChI=1S/C25H29FN2O3/c1-5-6-18(15-27)11-17(3)31-22-13-20(14-22)24(29)28-23(7-8-25(28,4)30)19-9-16(2)10-21(26)12-19/h5-6,9-12,20,22-23,30H,3,7-8,13-14H2,1-2,4H3/b6-5-,18-11+. The molecule has 31 heavy (non-hydrogen) atoms. The molecule has 2 fully saturated rings. The number of ether oxygens (including phenoxy) is 1. The van der Waals surface area contributed by atoms with Gasteiger partial charge in [-0.15, -0.1) is 0 Å². The lowest BCUT2D eigenvalue weighted by Crippen LogP contribution is -2.52. The van der Waals surface area contributed by atoms with Crippen LogP contribution in [0.25, 0.3) is 0 Å². The fourth-order valence-corrected chi connectivity index (χ4v) is 4.44. The van der Waals surface area contributed by atoms with E-state index in [1.54, 1.807) is 25.2 Å². The molecule has 164 valence electrons. The van der Waals surface area contributed by atoms with Gasteiger partial charge in [-0.3, -0.25) is 4.79 Å². The van der Waals surface area contributed by atoms with Gasteiger partial charge in [0.25, 0.3) is 0 Å². The van der Waals surface area contributed by atoms with E-state index in [9.17, 15) is 14.3 Å². The van der Waals surface area contributed by atoms with E-state index < -0.39 is 5.72 Å². The highest BCUT2D eigenvalue weighted by Gasteiger charge is 2.49. The van der Waals surface area contributed by atoms with Crippen LogP contribution in [0.3, 0.4) is 0 Å². The third-order valence-electron chi connectivity index (χ3n) is 5.96. The van der Waals surface area contributed by atoms with Gasteiger partial charge in [-0.1, -0.05) is 18.7 Å². The molecular weight excluding hydrogens is 395 g/mol. The molecule has 3 rings (SSSR count). The van der Waals surface area contributed by atoms with Gasteiger partial charge in [-0.25, -0.2) is 4.39 Å². The van der Waals surface area contributed by atoms with Gasteiger partial charge in [-0.05, 0) is 81.9 Å². The molecule has 1 amide bonds. The van der Waals surface area contributed by atoms with E-state index in [0.29, 0.717) is 42.6 Å². The first-order chi connectivity index (χ1) is 14.6. The summed E-state index contributed by atoms with van der Waals surface area (Å²) in [5.41, 5.74) is 0.671. The van der Waals surface area contributed by atoms with Crippen molar-refractivity contribution in [2.75, 3.05) is 0 Å². The number of nitriles is 1. The number of aryl methyl sites for hydroxylation is 1. The predicted molar refractivity (Wildman–Crippen MR) is 116 cm³/mol. The first-order valence-corrected chi connectivity index (χ1v) is 10.6. The Kier molecular flexibility index (Phi) is 6.66. The first kappa shape index (κ1) is 22.8. The van der Waals surface area contributed by atoms with Gasteiger partial charge in [0.15, 0.2) is 0 Å². The van der Waals surface area contributed by atoms with Crippen molar-refractivity contribution < 1.29 is 19.0 Å². The molecule has 5 nitrogen and oxygen atoms in total. The van der Waals surface area contributed by atoms with E-state index in [1.165, 1.54) is 17.0 Å². The fraction of sp³-hybridized carbons (Fsp3) is 0.440. The second-order valence-corrected chi connectivity index (χ2v) is 8.63. The van der Waals surface area contributed by atoms with Crippen molar-refractivity contribution in [1.29, 1.82) is 5.26 Å². The monoisotopic (exact) mass is 424 g/mol. The molecular formula is C25H29FN2O3. The van der Waals surface area contributed by atoms with Crippen LogP contribution in [-0.4, -0.2) is 27.7 Å². The smallest absolute Gasteiger partial charge is 0.228 e. The maximum Gasteiger partial charge on any atom is 0.228 e. The molecule has 1 aliphatic carbocycles. The minimum Gasteiger partial charge on any atom is -0.491 e. The number of amides is 1. The van der Waals surface area contributed by atoms with Crippen LogP contribution >= 0.6 is 0 Å². The Morgan fingerprint density at radius 3 is 2.74 bits per heavy atom. The second-order valence-electron chi connectivity index (χ2n) is 8.63. The highest BCUT2D eigenvalue weighted by Crippen LogP contribution is 2.45. The van der Waals surface area contributed by atoms with Crippen LogP contribution in [0.4, 0.5) is 4.39 Å². The summed E-state index contributed by atoms with van der Waals surface area (Å²) < 4.78 is 19.7. The quantitative estimate of drug-likeness (QED) is 0.403. The summed E-state index contributed by atoms with van der Waals surface area (Å²) in [5, 5.41) is 20.0. The molecule has 6 heteroatoms. The van der Waals surface area contributed by atoms with Crippen molar-refractivity contribution >= 4 is 5.91 Å². The molecule has 1 aromatic carbocycles.